The molecule has 2 fully saturated rings. The van der Waals surface area contributed by atoms with Crippen LogP contribution in [-0.2, 0) is 10.2 Å². The Balaban J connectivity index is 1.90. The number of allylic oxidation sites excluding steroid dienone is 2. The van der Waals surface area contributed by atoms with E-state index in [2.05, 4.69) is 41.3 Å². The van der Waals surface area contributed by atoms with Crippen LogP contribution in [0, 0.1) is 5.92 Å². The monoisotopic (exact) mass is 281 g/mol. The van der Waals surface area contributed by atoms with Crippen molar-refractivity contribution in [2.45, 2.75) is 50.4 Å². The van der Waals surface area contributed by atoms with Crippen LogP contribution in [0.15, 0.2) is 42.1 Å². The molecule has 2 heteroatoms. The Labute approximate surface area is 126 Å². The Morgan fingerprint density at radius 3 is 2.76 bits per heavy atom. The molecule has 2 unspecified atom stereocenters. The normalized spacial score (nSPS) is 32.2. The Morgan fingerprint density at radius 1 is 1.05 bits per heavy atom. The summed E-state index contributed by atoms with van der Waals surface area (Å²) in [4.78, 5) is 15.5. The van der Waals surface area contributed by atoms with Crippen molar-refractivity contribution < 1.29 is 4.79 Å². The van der Waals surface area contributed by atoms with Crippen molar-refractivity contribution in [2.75, 3.05) is 6.54 Å². The smallest absolute Gasteiger partial charge is 0.238 e. The van der Waals surface area contributed by atoms with Gasteiger partial charge in [0, 0.05) is 18.2 Å². The van der Waals surface area contributed by atoms with E-state index in [1.54, 1.807) is 0 Å². The molecule has 0 N–H and O–H groups in total. The van der Waals surface area contributed by atoms with E-state index >= 15 is 0 Å². The van der Waals surface area contributed by atoms with E-state index in [1.165, 1.54) is 36.9 Å². The molecule has 1 amide bonds. The molecule has 0 aromatic heterocycles. The molecule has 21 heavy (non-hydrogen) atoms. The highest BCUT2D eigenvalue weighted by molar-refractivity contribution is 5.94. The lowest BCUT2D eigenvalue weighted by Gasteiger charge is -2.35. The van der Waals surface area contributed by atoms with Crippen LogP contribution in [-0.4, -0.2) is 17.4 Å². The van der Waals surface area contributed by atoms with Gasteiger partial charge >= 0.3 is 0 Å². The van der Waals surface area contributed by atoms with E-state index in [0.29, 0.717) is 11.8 Å². The first kappa shape index (κ1) is 13.1. The van der Waals surface area contributed by atoms with Crippen molar-refractivity contribution in [2.24, 2.45) is 5.92 Å². The van der Waals surface area contributed by atoms with Gasteiger partial charge in [0.05, 0.1) is 5.41 Å². The fraction of sp³-hybridized carbons (Fsp3) is 0.526. The molecule has 2 aliphatic heterocycles. The van der Waals surface area contributed by atoms with Crippen LogP contribution in [0.3, 0.4) is 0 Å². The summed E-state index contributed by atoms with van der Waals surface area (Å²) in [7, 11) is 0. The SMILES string of the molecule is O=C1N2CCCCCC1(c1ccccc1)C1CCCC=C12. The number of amides is 1. The maximum Gasteiger partial charge on any atom is 0.238 e. The highest BCUT2D eigenvalue weighted by Crippen LogP contribution is 2.53. The number of fused-ring (bicyclic) bond motifs is 5. The molecule has 2 bridgehead atoms. The zero-order chi connectivity index (χ0) is 14.3. The van der Waals surface area contributed by atoms with E-state index in [1.807, 2.05) is 0 Å². The second-order valence-electron chi connectivity index (χ2n) is 6.72. The number of hydrogen-bond acceptors (Lipinski definition) is 1. The average molecular weight is 281 g/mol. The summed E-state index contributed by atoms with van der Waals surface area (Å²) >= 11 is 0. The molecule has 2 atom stereocenters. The van der Waals surface area contributed by atoms with Gasteiger partial charge in [-0.1, -0.05) is 49.2 Å². The summed E-state index contributed by atoms with van der Waals surface area (Å²) in [6.07, 6.45) is 10.5. The molecule has 110 valence electrons. The summed E-state index contributed by atoms with van der Waals surface area (Å²) in [5.74, 6) is 0.797. The molecular weight excluding hydrogens is 258 g/mol. The Morgan fingerprint density at radius 2 is 1.90 bits per heavy atom. The van der Waals surface area contributed by atoms with E-state index in [-0.39, 0.29) is 5.41 Å². The number of nitrogens with zero attached hydrogens (tertiary/aromatic N) is 1. The summed E-state index contributed by atoms with van der Waals surface area (Å²) in [5, 5.41) is 0. The largest absolute Gasteiger partial charge is 0.315 e. The van der Waals surface area contributed by atoms with Crippen LogP contribution in [0.1, 0.15) is 50.5 Å². The first-order valence-corrected chi connectivity index (χ1v) is 8.41. The lowest BCUT2D eigenvalue weighted by Crippen LogP contribution is -2.42. The Bertz CT molecular complexity index is 576. The molecule has 1 aromatic rings. The first-order valence-electron chi connectivity index (χ1n) is 8.41. The minimum absolute atomic E-state index is 0.270. The third kappa shape index (κ3) is 1.81. The summed E-state index contributed by atoms with van der Waals surface area (Å²) in [6, 6.07) is 10.6. The Hall–Kier alpha value is -1.57. The molecule has 2 saturated heterocycles. The van der Waals surface area contributed by atoms with Crippen LogP contribution in [0.5, 0.6) is 0 Å². The predicted molar refractivity (Wildman–Crippen MR) is 83.7 cm³/mol. The minimum atomic E-state index is -0.270. The zero-order valence-corrected chi connectivity index (χ0v) is 12.6. The van der Waals surface area contributed by atoms with E-state index in [9.17, 15) is 4.79 Å². The first-order chi connectivity index (χ1) is 10.3. The standard InChI is InChI=1S/C19H23NO/c21-18-19(15-9-3-1-4-10-15)13-7-2-8-14-20(18)17-12-6-5-11-16(17)19/h1,3-4,9-10,12,16H,2,5-8,11,13-14H2. The second-order valence-corrected chi connectivity index (χ2v) is 6.72. The number of rotatable bonds is 1. The van der Waals surface area contributed by atoms with Gasteiger partial charge < -0.3 is 4.90 Å². The van der Waals surface area contributed by atoms with Gasteiger partial charge in [-0.15, -0.1) is 0 Å². The lowest BCUT2D eigenvalue weighted by molar-refractivity contribution is -0.133. The fourth-order valence-electron chi connectivity index (χ4n) is 4.73. The quantitative estimate of drug-likeness (QED) is 0.761. The predicted octanol–water partition coefficient (Wildman–Crippen LogP) is 4.02. The van der Waals surface area contributed by atoms with Crippen molar-refractivity contribution in [3.63, 3.8) is 0 Å². The zero-order valence-electron chi connectivity index (χ0n) is 12.6. The molecule has 2 heterocycles. The molecule has 0 radical (unpaired) electrons. The van der Waals surface area contributed by atoms with Crippen molar-refractivity contribution in [3.05, 3.63) is 47.7 Å². The number of hydrogen-bond donors (Lipinski definition) is 0. The number of carbonyl (C=O) groups excluding carboxylic acids is 1. The molecule has 1 aromatic carbocycles. The molecule has 2 nitrogen and oxygen atoms in total. The third-order valence-electron chi connectivity index (χ3n) is 5.68. The van der Waals surface area contributed by atoms with E-state index in [4.69, 9.17) is 0 Å². The average Bonchev–Trinajstić information content (AvgIpc) is 2.81. The summed E-state index contributed by atoms with van der Waals surface area (Å²) < 4.78 is 0. The Kier molecular flexibility index (Phi) is 3.13. The molecular formula is C19H23NO. The molecule has 1 aliphatic carbocycles. The molecule has 0 saturated carbocycles. The van der Waals surface area contributed by atoms with Crippen LogP contribution < -0.4 is 0 Å². The van der Waals surface area contributed by atoms with Gasteiger partial charge in [0.2, 0.25) is 5.91 Å². The van der Waals surface area contributed by atoms with Gasteiger partial charge in [0.1, 0.15) is 0 Å². The topological polar surface area (TPSA) is 20.3 Å². The van der Waals surface area contributed by atoms with Crippen LogP contribution >= 0.6 is 0 Å². The van der Waals surface area contributed by atoms with Gasteiger partial charge in [-0.05, 0) is 37.7 Å². The maximum atomic E-state index is 13.3. The number of benzene rings is 1. The third-order valence-corrected chi connectivity index (χ3v) is 5.68. The molecule has 3 aliphatic rings. The highest BCUT2D eigenvalue weighted by atomic mass is 16.2. The van der Waals surface area contributed by atoms with Crippen molar-refractivity contribution in [1.82, 2.24) is 4.90 Å². The molecule has 0 spiro atoms. The summed E-state index contributed by atoms with van der Waals surface area (Å²) in [5.41, 5.74) is 2.32. The summed E-state index contributed by atoms with van der Waals surface area (Å²) in [6.45, 7) is 0.926. The van der Waals surface area contributed by atoms with Crippen LogP contribution in [0.25, 0.3) is 0 Å². The van der Waals surface area contributed by atoms with Crippen molar-refractivity contribution in [1.29, 1.82) is 0 Å². The van der Waals surface area contributed by atoms with Crippen molar-refractivity contribution >= 4 is 5.91 Å². The van der Waals surface area contributed by atoms with E-state index < -0.39 is 0 Å². The van der Waals surface area contributed by atoms with Gasteiger partial charge in [0.15, 0.2) is 0 Å². The van der Waals surface area contributed by atoms with Gasteiger partial charge in [0.25, 0.3) is 0 Å². The highest BCUT2D eigenvalue weighted by Gasteiger charge is 2.57. The lowest BCUT2D eigenvalue weighted by atomic mass is 9.65. The number of carbonyl (C=O) groups is 1. The van der Waals surface area contributed by atoms with Crippen molar-refractivity contribution in [3.8, 4) is 0 Å². The molecule has 4 rings (SSSR count). The van der Waals surface area contributed by atoms with Gasteiger partial charge in [-0.2, -0.15) is 0 Å². The second kappa shape index (κ2) is 5.01. The van der Waals surface area contributed by atoms with Gasteiger partial charge in [-0.25, -0.2) is 0 Å². The van der Waals surface area contributed by atoms with Crippen LogP contribution in [0.4, 0.5) is 0 Å². The van der Waals surface area contributed by atoms with Gasteiger partial charge in [-0.3, -0.25) is 4.79 Å². The minimum Gasteiger partial charge on any atom is -0.315 e. The fourth-order valence-corrected chi connectivity index (χ4v) is 4.73. The van der Waals surface area contributed by atoms with E-state index in [0.717, 1.165) is 25.8 Å². The maximum absolute atomic E-state index is 13.3. The van der Waals surface area contributed by atoms with Crippen LogP contribution in [0.2, 0.25) is 0 Å².